The third kappa shape index (κ3) is 5.43. The van der Waals surface area contributed by atoms with Gasteiger partial charge in [0.2, 0.25) is 5.91 Å². The van der Waals surface area contributed by atoms with Gasteiger partial charge in [0.15, 0.2) is 0 Å². The van der Waals surface area contributed by atoms with Gasteiger partial charge < -0.3 is 9.73 Å². The normalized spacial score (nSPS) is 11.9. The number of nitrogens with one attached hydrogen (secondary N) is 1. The first kappa shape index (κ1) is 19.2. The first-order valence-corrected chi connectivity index (χ1v) is 8.81. The fourth-order valence-corrected chi connectivity index (χ4v) is 2.81. The molecule has 5 heteroatoms. The maximum Gasteiger partial charge on any atom is 0.336 e. The number of carbonyl (C=O) groups excluding carboxylic acids is 1. The quantitative estimate of drug-likeness (QED) is 0.818. The number of nitrogens with zero attached hydrogens (tertiary/aromatic N) is 1. The van der Waals surface area contributed by atoms with E-state index in [1.54, 1.807) is 0 Å². The number of likely N-dealkylation sites (N-methyl/N-ethyl adjacent to an activating group) is 1. The van der Waals surface area contributed by atoms with Crippen LogP contribution in [0.5, 0.6) is 0 Å². The highest BCUT2D eigenvalue weighted by Gasteiger charge is 2.17. The minimum absolute atomic E-state index is 0.0186. The molecule has 1 aromatic heterocycles. The number of carbonyl (C=O) groups is 1. The van der Waals surface area contributed by atoms with E-state index in [1.807, 2.05) is 44.7 Å². The molecule has 0 unspecified atom stereocenters. The molecule has 136 valence electrons. The van der Waals surface area contributed by atoms with E-state index in [1.165, 1.54) is 6.07 Å². The molecule has 0 aliphatic carbocycles. The summed E-state index contributed by atoms with van der Waals surface area (Å²) in [5.74, 6) is -0.0186. The zero-order valence-corrected chi connectivity index (χ0v) is 15.8. The number of benzene rings is 1. The van der Waals surface area contributed by atoms with E-state index < -0.39 is 0 Å². The molecule has 1 aromatic carbocycles. The summed E-state index contributed by atoms with van der Waals surface area (Å²) in [4.78, 5) is 26.1. The SMILES string of the molecule is CCc1ccc2c(CN(CC)CC(=O)NC(C)(C)C)cc(=O)oc2c1. The van der Waals surface area contributed by atoms with E-state index in [4.69, 9.17) is 4.42 Å². The first-order chi connectivity index (χ1) is 11.7. The topological polar surface area (TPSA) is 62.6 Å². The Kier molecular flexibility index (Phi) is 6.01. The predicted molar refractivity (Wildman–Crippen MR) is 101 cm³/mol. The van der Waals surface area contributed by atoms with E-state index in [0.717, 1.165) is 22.9 Å². The van der Waals surface area contributed by atoms with Crippen molar-refractivity contribution in [2.24, 2.45) is 0 Å². The Hall–Kier alpha value is -2.14. The van der Waals surface area contributed by atoms with Crippen LogP contribution in [0.25, 0.3) is 11.0 Å². The summed E-state index contributed by atoms with van der Waals surface area (Å²) >= 11 is 0. The van der Waals surface area contributed by atoms with Gasteiger partial charge in [-0.1, -0.05) is 26.0 Å². The third-order valence-electron chi connectivity index (χ3n) is 4.03. The van der Waals surface area contributed by atoms with Gasteiger partial charge in [-0.05, 0) is 50.9 Å². The van der Waals surface area contributed by atoms with E-state index >= 15 is 0 Å². The van der Waals surface area contributed by atoms with Gasteiger partial charge in [0.05, 0.1) is 6.54 Å². The van der Waals surface area contributed by atoms with Crippen LogP contribution >= 0.6 is 0 Å². The molecule has 0 saturated heterocycles. The van der Waals surface area contributed by atoms with E-state index in [-0.39, 0.29) is 17.1 Å². The Balaban J connectivity index is 2.25. The smallest absolute Gasteiger partial charge is 0.336 e. The van der Waals surface area contributed by atoms with Gasteiger partial charge in [-0.3, -0.25) is 9.69 Å². The fourth-order valence-electron chi connectivity index (χ4n) is 2.81. The lowest BCUT2D eigenvalue weighted by Crippen LogP contribution is -2.45. The molecule has 2 aromatic rings. The van der Waals surface area contributed by atoms with Crippen LogP contribution in [0.3, 0.4) is 0 Å². The second kappa shape index (κ2) is 7.83. The Morgan fingerprint density at radius 1 is 1.20 bits per heavy atom. The van der Waals surface area contributed by atoms with Crippen molar-refractivity contribution in [3.05, 3.63) is 45.8 Å². The van der Waals surface area contributed by atoms with Crippen molar-refractivity contribution in [2.75, 3.05) is 13.1 Å². The van der Waals surface area contributed by atoms with E-state index in [9.17, 15) is 9.59 Å². The largest absolute Gasteiger partial charge is 0.423 e. The van der Waals surface area contributed by atoms with Crippen molar-refractivity contribution >= 4 is 16.9 Å². The van der Waals surface area contributed by atoms with Gasteiger partial charge in [0, 0.05) is 23.5 Å². The minimum atomic E-state index is -0.356. The summed E-state index contributed by atoms with van der Waals surface area (Å²) in [6.45, 7) is 11.5. The van der Waals surface area contributed by atoms with Crippen LogP contribution in [0.4, 0.5) is 0 Å². The molecule has 1 N–H and O–H groups in total. The second-order valence-corrected chi connectivity index (χ2v) is 7.38. The lowest BCUT2D eigenvalue weighted by atomic mass is 10.1. The van der Waals surface area contributed by atoms with Crippen molar-refractivity contribution in [2.45, 2.75) is 53.1 Å². The molecule has 2 rings (SSSR count). The van der Waals surface area contributed by atoms with Crippen LogP contribution < -0.4 is 10.9 Å². The Labute approximate surface area is 149 Å². The van der Waals surface area contributed by atoms with Crippen LogP contribution in [0.1, 0.15) is 45.7 Å². The molecule has 0 atom stereocenters. The van der Waals surface area contributed by atoms with Crippen LogP contribution in [-0.4, -0.2) is 29.4 Å². The second-order valence-electron chi connectivity index (χ2n) is 7.38. The third-order valence-corrected chi connectivity index (χ3v) is 4.03. The molecule has 0 saturated carbocycles. The molecular weight excluding hydrogens is 316 g/mol. The molecule has 0 bridgehead atoms. The van der Waals surface area contributed by atoms with Gasteiger partial charge in [0.1, 0.15) is 5.58 Å². The van der Waals surface area contributed by atoms with E-state index in [2.05, 4.69) is 18.3 Å². The highest BCUT2D eigenvalue weighted by Crippen LogP contribution is 2.20. The summed E-state index contributed by atoms with van der Waals surface area (Å²) in [7, 11) is 0. The molecule has 0 aliphatic rings. The van der Waals surface area contributed by atoms with Crippen LogP contribution in [-0.2, 0) is 17.8 Å². The van der Waals surface area contributed by atoms with Crippen LogP contribution in [0, 0.1) is 0 Å². The lowest BCUT2D eigenvalue weighted by Gasteiger charge is -2.25. The van der Waals surface area contributed by atoms with Crippen LogP contribution in [0.2, 0.25) is 0 Å². The van der Waals surface area contributed by atoms with Crippen molar-refractivity contribution < 1.29 is 9.21 Å². The molecule has 25 heavy (non-hydrogen) atoms. The first-order valence-electron chi connectivity index (χ1n) is 8.81. The molecule has 0 fully saturated rings. The fraction of sp³-hybridized carbons (Fsp3) is 0.500. The maximum atomic E-state index is 12.2. The Morgan fingerprint density at radius 3 is 2.52 bits per heavy atom. The zero-order valence-electron chi connectivity index (χ0n) is 15.8. The average Bonchev–Trinajstić information content (AvgIpc) is 2.51. The maximum absolute atomic E-state index is 12.2. The number of fused-ring (bicyclic) bond motifs is 1. The summed E-state index contributed by atoms with van der Waals surface area (Å²) in [5.41, 5.74) is 2.01. The van der Waals surface area contributed by atoms with Gasteiger partial charge >= 0.3 is 5.63 Å². The van der Waals surface area contributed by atoms with Crippen molar-refractivity contribution in [1.29, 1.82) is 0 Å². The van der Waals surface area contributed by atoms with E-state index in [0.29, 0.717) is 25.2 Å². The minimum Gasteiger partial charge on any atom is -0.423 e. The number of hydrogen-bond acceptors (Lipinski definition) is 4. The van der Waals surface area contributed by atoms with Crippen LogP contribution in [0.15, 0.2) is 33.5 Å². The zero-order chi connectivity index (χ0) is 18.6. The summed E-state index contributed by atoms with van der Waals surface area (Å²) in [5, 5.41) is 3.90. The highest BCUT2D eigenvalue weighted by atomic mass is 16.4. The molecule has 0 aliphatic heterocycles. The lowest BCUT2D eigenvalue weighted by molar-refractivity contribution is -0.123. The Bertz CT molecular complexity index is 803. The molecule has 0 radical (unpaired) electrons. The van der Waals surface area contributed by atoms with Gasteiger partial charge in [-0.25, -0.2) is 4.79 Å². The summed E-state index contributed by atoms with van der Waals surface area (Å²) < 4.78 is 5.35. The van der Waals surface area contributed by atoms with Crippen molar-refractivity contribution in [3.8, 4) is 0 Å². The predicted octanol–water partition coefficient (Wildman–Crippen LogP) is 3.09. The number of hydrogen-bond donors (Lipinski definition) is 1. The standard InChI is InChI=1S/C20H28N2O3/c1-6-14-8-9-16-15(11-19(24)25-17(16)10-14)12-22(7-2)13-18(23)21-20(3,4)5/h8-11H,6-7,12-13H2,1-5H3,(H,21,23). The molecule has 1 heterocycles. The summed E-state index contributed by atoms with van der Waals surface area (Å²) in [6.07, 6.45) is 0.887. The van der Waals surface area contributed by atoms with Gasteiger partial charge in [0.25, 0.3) is 0 Å². The average molecular weight is 344 g/mol. The monoisotopic (exact) mass is 344 g/mol. The summed E-state index contributed by atoms with van der Waals surface area (Å²) in [6, 6.07) is 7.49. The van der Waals surface area contributed by atoms with Gasteiger partial charge in [-0.2, -0.15) is 0 Å². The van der Waals surface area contributed by atoms with Crippen molar-refractivity contribution in [1.82, 2.24) is 10.2 Å². The molecule has 1 amide bonds. The van der Waals surface area contributed by atoms with Gasteiger partial charge in [-0.15, -0.1) is 0 Å². The highest BCUT2D eigenvalue weighted by molar-refractivity contribution is 5.81. The number of rotatable bonds is 6. The molecule has 0 spiro atoms. The molecular formula is C20H28N2O3. The van der Waals surface area contributed by atoms with Crippen molar-refractivity contribution in [3.63, 3.8) is 0 Å². The Morgan fingerprint density at radius 2 is 1.92 bits per heavy atom. The number of aryl methyl sites for hydroxylation is 1. The molecule has 5 nitrogen and oxygen atoms in total. The number of amides is 1.